The number of hydrogen-bond acceptors (Lipinski definition) is 5. The van der Waals surface area contributed by atoms with Gasteiger partial charge in [0.2, 0.25) is 5.91 Å². The topological polar surface area (TPSA) is 75.4 Å². The predicted octanol–water partition coefficient (Wildman–Crippen LogP) is 0.875. The van der Waals surface area contributed by atoms with Gasteiger partial charge in [0.1, 0.15) is 0 Å². The summed E-state index contributed by atoms with van der Waals surface area (Å²) in [6.07, 6.45) is 6.79. The Bertz CT molecular complexity index is 980. The van der Waals surface area contributed by atoms with Crippen LogP contribution in [0.15, 0.2) is 35.4 Å². The third kappa shape index (κ3) is 4.19. The van der Waals surface area contributed by atoms with Crippen molar-refractivity contribution in [1.82, 2.24) is 29.5 Å². The van der Waals surface area contributed by atoms with E-state index in [1.165, 1.54) is 0 Å². The van der Waals surface area contributed by atoms with E-state index in [9.17, 15) is 9.59 Å². The maximum atomic E-state index is 13.3. The lowest BCUT2D eigenvalue weighted by Gasteiger charge is -2.44. The fraction of sp³-hybridized carbons (Fsp3) is 0.609. The quantitative estimate of drug-likeness (QED) is 0.714. The molecule has 3 aliphatic rings. The van der Waals surface area contributed by atoms with Crippen LogP contribution in [0.4, 0.5) is 0 Å². The summed E-state index contributed by atoms with van der Waals surface area (Å²) < 4.78 is 3.94. The van der Waals surface area contributed by atoms with Crippen LogP contribution in [0.5, 0.6) is 0 Å². The van der Waals surface area contributed by atoms with Crippen molar-refractivity contribution in [3.05, 3.63) is 52.2 Å². The SMILES string of the molecule is CN(CCCn1cccn1)Cc1ccc2n(c1=O)C[C@H]1C[C@@H]2CN(C(=O)[C@@H]2CCN2)C1. The number of likely N-dealkylation sites (tertiary alicyclic amines) is 1. The summed E-state index contributed by atoms with van der Waals surface area (Å²) in [5.41, 5.74) is 2.11. The zero-order chi connectivity index (χ0) is 21.4. The largest absolute Gasteiger partial charge is 0.340 e. The minimum Gasteiger partial charge on any atom is -0.340 e. The van der Waals surface area contributed by atoms with Crippen LogP contribution in [0.3, 0.4) is 0 Å². The Hall–Kier alpha value is -2.45. The first-order valence-electron chi connectivity index (χ1n) is 11.5. The third-order valence-corrected chi connectivity index (χ3v) is 7.04. The predicted molar refractivity (Wildman–Crippen MR) is 118 cm³/mol. The van der Waals surface area contributed by atoms with Crippen molar-refractivity contribution in [1.29, 1.82) is 0 Å². The molecule has 1 N–H and O–H groups in total. The molecule has 2 fully saturated rings. The Morgan fingerprint density at radius 1 is 1.29 bits per heavy atom. The number of pyridine rings is 1. The first kappa shape index (κ1) is 20.5. The van der Waals surface area contributed by atoms with E-state index in [-0.39, 0.29) is 23.4 Å². The highest BCUT2D eigenvalue weighted by Gasteiger charge is 2.39. The number of nitrogens with one attached hydrogen (secondary N) is 1. The summed E-state index contributed by atoms with van der Waals surface area (Å²) in [5, 5.41) is 7.47. The molecule has 3 aliphatic heterocycles. The zero-order valence-corrected chi connectivity index (χ0v) is 18.2. The molecule has 5 heterocycles. The molecule has 1 amide bonds. The number of carbonyl (C=O) groups excluding carboxylic acids is 1. The van der Waals surface area contributed by atoms with Gasteiger partial charge in [-0.1, -0.05) is 6.07 Å². The molecule has 0 radical (unpaired) electrons. The van der Waals surface area contributed by atoms with Crippen molar-refractivity contribution in [3.8, 4) is 0 Å². The highest BCUT2D eigenvalue weighted by Crippen LogP contribution is 2.35. The minimum absolute atomic E-state index is 0.00669. The molecule has 166 valence electrons. The molecule has 2 saturated heterocycles. The van der Waals surface area contributed by atoms with E-state index in [2.05, 4.69) is 28.4 Å². The monoisotopic (exact) mass is 424 g/mol. The first-order chi connectivity index (χ1) is 15.1. The van der Waals surface area contributed by atoms with Gasteiger partial charge in [0.05, 0.1) is 6.04 Å². The number of hydrogen-bond donors (Lipinski definition) is 1. The fourth-order valence-corrected chi connectivity index (χ4v) is 5.32. The summed E-state index contributed by atoms with van der Waals surface area (Å²) in [6, 6.07) is 6.08. The van der Waals surface area contributed by atoms with Gasteiger partial charge in [-0.2, -0.15) is 5.10 Å². The lowest BCUT2D eigenvalue weighted by molar-refractivity contribution is -0.138. The lowest BCUT2D eigenvalue weighted by atomic mass is 9.82. The van der Waals surface area contributed by atoms with Gasteiger partial charge >= 0.3 is 0 Å². The molecule has 3 atom stereocenters. The maximum Gasteiger partial charge on any atom is 0.255 e. The van der Waals surface area contributed by atoms with Gasteiger partial charge in [-0.15, -0.1) is 0 Å². The van der Waals surface area contributed by atoms with Crippen molar-refractivity contribution in [2.45, 2.75) is 50.9 Å². The summed E-state index contributed by atoms with van der Waals surface area (Å²) in [5.74, 6) is 0.880. The molecule has 8 nitrogen and oxygen atoms in total. The van der Waals surface area contributed by atoms with Crippen LogP contribution < -0.4 is 10.9 Å². The number of aromatic nitrogens is 3. The summed E-state index contributed by atoms with van der Waals surface area (Å²) in [7, 11) is 2.07. The van der Waals surface area contributed by atoms with Crippen molar-refractivity contribution >= 4 is 5.91 Å². The van der Waals surface area contributed by atoms with E-state index in [1.54, 1.807) is 6.20 Å². The van der Waals surface area contributed by atoms with Crippen LogP contribution in [0.1, 0.15) is 36.4 Å². The molecule has 2 bridgehead atoms. The molecule has 0 unspecified atom stereocenters. The second-order valence-corrected chi connectivity index (χ2v) is 9.40. The van der Waals surface area contributed by atoms with Crippen LogP contribution in [-0.2, 0) is 24.4 Å². The molecule has 0 spiro atoms. The number of aryl methyl sites for hydroxylation is 1. The second-order valence-electron chi connectivity index (χ2n) is 9.40. The summed E-state index contributed by atoms with van der Waals surface area (Å²) in [4.78, 5) is 30.2. The lowest BCUT2D eigenvalue weighted by Crippen LogP contribution is -2.58. The molecule has 0 aromatic carbocycles. The first-order valence-corrected chi connectivity index (χ1v) is 11.5. The molecule has 2 aromatic heterocycles. The fourth-order valence-electron chi connectivity index (χ4n) is 5.32. The van der Waals surface area contributed by atoms with Crippen LogP contribution in [0, 0.1) is 5.92 Å². The van der Waals surface area contributed by atoms with Gasteiger partial charge in [0, 0.05) is 62.3 Å². The summed E-state index contributed by atoms with van der Waals surface area (Å²) >= 11 is 0. The van der Waals surface area contributed by atoms with Crippen LogP contribution in [0.25, 0.3) is 0 Å². The van der Waals surface area contributed by atoms with E-state index in [0.717, 1.165) is 69.8 Å². The maximum absolute atomic E-state index is 13.3. The second kappa shape index (κ2) is 8.59. The van der Waals surface area contributed by atoms with E-state index < -0.39 is 0 Å². The van der Waals surface area contributed by atoms with Gasteiger partial charge < -0.3 is 19.7 Å². The number of fused-ring (bicyclic) bond motifs is 4. The average Bonchev–Trinajstić information content (AvgIpc) is 3.22. The van der Waals surface area contributed by atoms with Crippen LogP contribution >= 0.6 is 0 Å². The van der Waals surface area contributed by atoms with Gasteiger partial charge in [-0.3, -0.25) is 14.3 Å². The van der Waals surface area contributed by atoms with Crippen molar-refractivity contribution in [2.24, 2.45) is 5.92 Å². The highest BCUT2D eigenvalue weighted by atomic mass is 16.2. The van der Waals surface area contributed by atoms with Crippen molar-refractivity contribution in [3.63, 3.8) is 0 Å². The number of piperidine rings is 1. The van der Waals surface area contributed by atoms with E-state index in [4.69, 9.17) is 0 Å². The molecule has 8 heteroatoms. The Morgan fingerprint density at radius 3 is 2.90 bits per heavy atom. The Labute approximate surface area is 182 Å². The molecule has 0 aliphatic carbocycles. The van der Waals surface area contributed by atoms with E-state index >= 15 is 0 Å². The van der Waals surface area contributed by atoms with E-state index in [1.807, 2.05) is 32.5 Å². The van der Waals surface area contributed by atoms with E-state index in [0.29, 0.717) is 12.5 Å². The Balaban J connectivity index is 1.24. The molecule has 5 rings (SSSR count). The Kier molecular flexibility index (Phi) is 5.67. The molecular formula is C23H32N6O2. The highest BCUT2D eigenvalue weighted by molar-refractivity contribution is 5.83. The number of amides is 1. The number of carbonyl (C=O) groups is 1. The zero-order valence-electron chi connectivity index (χ0n) is 18.2. The third-order valence-electron chi connectivity index (χ3n) is 7.04. The summed E-state index contributed by atoms with van der Waals surface area (Å²) in [6.45, 7) is 5.63. The smallest absolute Gasteiger partial charge is 0.255 e. The average molecular weight is 425 g/mol. The Morgan fingerprint density at radius 2 is 2.16 bits per heavy atom. The van der Waals surface area contributed by atoms with Gasteiger partial charge in [-0.05, 0) is 57.5 Å². The molecular weight excluding hydrogens is 392 g/mol. The number of nitrogens with zero attached hydrogens (tertiary/aromatic N) is 5. The van der Waals surface area contributed by atoms with Crippen molar-refractivity contribution in [2.75, 3.05) is 33.2 Å². The van der Waals surface area contributed by atoms with Gasteiger partial charge in [0.25, 0.3) is 5.56 Å². The molecule has 31 heavy (non-hydrogen) atoms. The van der Waals surface area contributed by atoms with Crippen molar-refractivity contribution < 1.29 is 4.79 Å². The van der Waals surface area contributed by atoms with Gasteiger partial charge in [-0.25, -0.2) is 0 Å². The molecule has 0 saturated carbocycles. The van der Waals surface area contributed by atoms with Crippen LogP contribution in [-0.4, -0.2) is 69.3 Å². The normalized spacial score (nSPS) is 24.7. The number of rotatable bonds is 7. The van der Waals surface area contributed by atoms with Gasteiger partial charge in [0.15, 0.2) is 0 Å². The standard InChI is InChI=1S/C23H32N6O2/c1-26(9-3-11-28-10-2-7-25-28)15-18-4-5-21-19-12-17(14-29(21)22(18)30)13-27(16-19)23(31)20-6-8-24-20/h2,4-5,7,10,17,19-20,24H,3,6,8-9,11-16H2,1H3/t17-,19+,20-/m0/s1. The minimum atomic E-state index is 0.00669. The van der Waals surface area contributed by atoms with Crippen LogP contribution in [0.2, 0.25) is 0 Å². The molecule has 2 aromatic rings.